The number of rotatable bonds is 3. The first kappa shape index (κ1) is 11.6. The fourth-order valence-electron chi connectivity index (χ4n) is 1.82. The van der Waals surface area contributed by atoms with Gasteiger partial charge in [0.2, 0.25) is 0 Å². The van der Waals surface area contributed by atoms with Gasteiger partial charge in [0.1, 0.15) is 0 Å². The summed E-state index contributed by atoms with van der Waals surface area (Å²) in [6.45, 7) is 3.98. The Hall–Kier alpha value is -1.91. The van der Waals surface area contributed by atoms with E-state index in [1.807, 2.05) is 19.2 Å². The Morgan fingerprint density at radius 3 is 2.94 bits per heavy atom. The largest absolute Gasteiger partial charge is 0.355 e. The van der Waals surface area contributed by atoms with E-state index in [0.717, 1.165) is 24.2 Å². The molecule has 2 aromatic rings. The van der Waals surface area contributed by atoms with Gasteiger partial charge < -0.3 is 5.32 Å². The Labute approximate surface area is 99.9 Å². The highest BCUT2D eigenvalue weighted by atomic mass is 16.1. The first-order valence-electron chi connectivity index (χ1n) is 5.73. The molecular weight excluding hydrogens is 216 g/mol. The van der Waals surface area contributed by atoms with Crippen molar-refractivity contribution in [2.75, 3.05) is 7.05 Å². The number of hydrogen-bond acceptors (Lipinski definition) is 3. The molecule has 2 rings (SSSR count). The Balaban J connectivity index is 2.64. The zero-order valence-electron chi connectivity index (χ0n) is 10.3. The topological polar surface area (TPSA) is 59.3 Å². The van der Waals surface area contributed by atoms with Gasteiger partial charge in [-0.1, -0.05) is 13.3 Å². The van der Waals surface area contributed by atoms with E-state index in [9.17, 15) is 4.79 Å². The van der Waals surface area contributed by atoms with Crippen molar-refractivity contribution in [2.24, 2.45) is 0 Å². The highest BCUT2D eigenvalue weighted by molar-refractivity contribution is 5.99. The van der Waals surface area contributed by atoms with E-state index in [4.69, 9.17) is 0 Å². The zero-order chi connectivity index (χ0) is 12.4. The molecule has 0 atom stereocenters. The molecule has 1 amide bonds. The van der Waals surface area contributed by atoms with Gasteiger partial charge >= 0.3 is 0 Å². The zero-order valence-corrected chi connectivity index (χ0v) is 10.3. The summed E-state index contributed by atoms with van der Waals surface area (Å²) in [6, 6.07) is 1.82. The second kappa shape index (κ2) is 4.53. The van der Waals surface area contributed by atoms with Crippen LogP contribution in [0.1, 0.15) is 35.1 Å². The van der Waals surface area contributed by atoms with Crippen molar-refractivity contribution in [3.63, 3.8) is 0 Å². The van der Waals surface area contributed by atoms with Crippen LogP contribution in [0.5, 0.6) is 0 Å². The van der Waals surface area contributed by atoms with Gasteiger partial charge in [-0.15, -0.1) is 0 Å². The summed E-state index contributed by atoms with van der Waals surface area (Å²) in [4.78, 5) is 16.1. The minimum Gasteiger partial charge on any atom is -0.355 e. The van der Waals surface area contributed by atoms with Crippen LogP contribution in [0.3, 0.4) is 0 Å². The van der Waals surface area contributed by atoms with E-state index in [2.05, 4.69) is 22.3 Å². The molecule has 0 aliphatic carbocycles. The standard InChI is InChI=1S/C12H16N4O/c1-4-5-9-6-10(12(17)13-3)11-14-8(2)7-16(11)15-9/h6-7H,4-5H2,1-3H3,(H,13,17). The molecule has 5 heteroatoms. The number of aryl methyl sites for hydroxylation is 2. The van der Waals surface area contributed by atoms with Crippen molar-refractivity contribution in [3.05, 3.63) is 29.2 Å². The third kappa shape index (κ3) is 2.13. The van der Waals surface area contributed by atoms with Gasteiger partial charge in [0.05, 0.1) is 23.1 Å². The van der Waals surface area contributed by atoms with Crippen molar-refractivity contribution >= 4 is 11.6 Å². The van der Waals surface area contributed by atoms with Crippen LogP contribution >= 0.6 is 0 Å². The van der Waals surface area contributed by atoms with Gasteiger partial charge in [0.15, 0.2) is 5.65 Å². The molecule has 0 saturated carbocycles. The molecule has 0 aromatic carbocycles. The van der Waals surface area contributed by atoms with E-state index in [0.29, 0.717) is 11.2 Å². The van der Waals surface area contributed by atoms with Crippen molar-refractivity contribution in [2.45, 2.75) is 26.7 Å². The lowest BCUT2D eigenvalue weighted by atomic mass is 10.2. The molecule has 0 fully saturated rings. The summed E-state index contributed by atoms with van der Waals surface area (Å²) >= 11 is 0. The number of fused-ring (bicyclic) bond motifs is 1. The van der Waals surface area contributed by atoms with Crippen LogP contribution in [0.15, 0.2) is 12.3 Å². The lowest BCUT2D eigenvalue weighted by Crippen LogP contribution is -2.20. The molecule has 17 heavy (non-hydrogen) atoms. The number of amides is 1. The summed E-state index contributed by atoms with van der Waals surface area (Å²) in [5, 5.41) is 7.07. The molecule has 5 nitrogen and oxygen atoms in total. The maximum atomic E-state index is 11.8. The summed E-state index contributed by atoms with van der Waals surface area (Å²) in [5.41, 5.74) is 2.97. The van der Waals surface area contributed by atoms with Gasteiger partial charge in [-0.25, -0.2) is 9.50 Å². The number of imidazole rings is 1. The highest BCUT2D eigenvalue weighted by Crippen LogP contribution is 2.12. The van der Waals surface area contributed by atoms with Gasteiger partial charge in [0.25, 0.3) is 5.91 Å². The van der Waals surface area contributed by atoms with Gasteiger partial charge in [-0.05, 0) is 19.4 Å². The van der Waals surface area contributed by atoms with Crippen molar-refractivity contribution in [1.29, 1.82) is 0 Å². The lowest BCUT2D eigenvalue weighted by molar-refractivity contribution is 0.0964. The minimum absolute atomic E-state index is 0.125. The normalized spacial score (nSPS) is 10.8. The molecule has 0 aliphatic heterocycles. The molecule has 1 N–H and O–H groups in total. The van der Waals surface area contributed by atoms with E-state index >= 15 is 0 Å². The van der Waals surface area contributed by atoms with Crippen molar-refractivity contribution in [3.8, 4) is 0 Å². The summed E-state index contributed by atoms with van der Waals surface area (Å²) < 4.78 is 1.69. The highest BCUT2D eigenvalue weighted by Gasteiger charge is 2.13. The average Bonchev–Trinajstić information content (AvgIpc) is 2.67. The molecule has 0 aliphatic rings. The minimum atomic E-state index is -0.125. The number of carbonyl (C=O) groups excluding carboxylic acids is 1. The fraction of sp³-hybridized carbons (Fsp3) is 0.417. The molecule has 2 aromatic heterocycles. The molecule has 90 valence electrons. The van der Waals surface area contributed by atoms with Crippen molar-refractivity contribution in [1.82, 2.24) is 19.9 Å². The molecule has 0 bridgehead atoms. The Bertz CT molecular complexity index is 559. The molecule has 0 unspecified atom stereocenters. The van der Waals surface area contributed by atoms with E-state index < -0.39 is 0 Å². The first-order chi connectivity index (χ1) is 8.15. The van der Waals surface area contributed by atoms with Gasteiger partial charge in [0, 0.05) is 7.05 Å². The number of nitrogens with one attached hydrogen (secondary N) is 1. The SMILES string of the molecule is CCCc1cc(C(=O)NC)c2nc(C)cn2n1. The second-order valence-electron chi connectivity index (χ2n) is 4.03. The van der Waals surface area contributed by atoms with Crippen LogP contribution in [0.4, 0.5) is 0 Å². The molecule has 0 spiro atoms. The summed E-state index contributed by atoms with van der Waals surface area (Å²) in [5.74, 6) is -0.125. The van der Waals surface area contributed by atoms with Crippen LogP contribution in [-0.4, -0.2) is 27.6 Å². The molecule has 0 saturated heterocycles. The fourth-order valence-corrected chi connectivity index (χ4v) is 1.82. The quantitative estimate of drug-likeness (QED) is 0.869. The summed E-state index contributed by atoms with van der Waals surface area (Å²) in [6.07, 6.45) is 3.69. The predicted molar refractivity (Wildman–Crippen MR) is 65.1 cm³/mol. The van der Waals surface area contributed by atoms with Crippen LogP contribution in [-0.2, 0) is 6.42 Å². The second-order valence-corrected chi connectivity index (χ2v) is 4.03. The van der Waals surface area contributed by atoms with E-state index in [-0.39, 0.29) is 5.91 Å². The Morgan fingerprint density at radius 2 is 2.29 bits per heavy atom. The van der Waals surface area contributed by atoms with E-state index in [1.165, 1.54) is 0 Å². The molecule has 0 radical (unpaired) electrons. The monoisotopic (exact) mass is 232 g/mol. The molecular formula is C12H16N4O. The molecule has 2 heterocycles. The lowest BCUT2D eigenvalue weighted by Gasteiger charge is -2.05. The van der Waals surface area contributed by atoms with Crippen LogP contribution in [0.2, 0.25) is 0 Å². The Morgan fingerprint density at radius 1 is 1.53 bits per heavy atom. The smallest absolute Gasteiger partial charge is 0.254 e. The van der Waals surface area contributed by atoms with Crippen LogP contribution in [0.25, 0.3) is 5.65 Å². The maximum Gasteiger partial charge on any atom is 0.254 e. The number of hydrogen-bond donors (Lipinski definition) is 1. The number of nitrogens with zero attached hydrogens (tertiary/aromatic N) is 3. The number of aromatic nitrogens is 3. The van der Waals surface area contributed by atoms with Gasteiger partial charge in [-0.2, -0.15) is 5.10 Å². The Kier molecular flexibility index (Phi) is 3.08. The first-order valence-corrected chi connectivity index (χ1v) is 5.73. The van der Waals surface area contributed by atoms with Crippen LogP contribution < -0.4 is 5.32 Å². The predicted octanol–water partition coefficient (Wildman–Crippen LogP) is 1.35. The average molecular weight is 232 g/mol. The number of carbonyl (C=O) groups is 1. The maximum absolute atomic E-state index is 11.8. The third-order valence-corrected chi connectivity index (χ3v) is 2.57. The van der Waals surface area contributed by atoms with Crippen molar-refractivity contribution < 1.29 is 4.79 Å². The summed E-state index contributed by atoms with van der Waals surface area (Å²) in [7, 11) is 1.62. The van der Waals surface area contributed by atoms with Gasteiger partial charge in [-0.3, -0.25) is 4.79 Å². The van der Waals surface area contributed by atoms with Crippen LogP contribution in [0, 0.1) is 6.92 Å². The van der Waals surface area contributed by atoms with E-state index in [1.54, 1.807) is 11.6 Å². The third-order valence-electron chi connectivity index (χ3n) is 2.57.